The zero-order chi connectivity index (χ0) is 23.9. The molecule has 0 amide bonds. The number of hydrogen-bond acceptors (Lipinski definition) is 5. The van der Waals surface area contributed by atoms with Crippen molar-refractivity contribution >= 4 is 34.6 Å². The summed E-state index contributed by atoms with van der Waals surface area (Å²) in [6.45, 7) is 0. The summed E-state index contributed by atoms with van der Waals surface area (Å²) >= 11 is 0. The molecule has 0 radical (unpaired) electrons. The molecule has 0 fully saturated rings. The van der Waals surface area contributed by atoms with Crippen molar-refractivity contribution in [3.8, 4) is 0 Å². The number of aromatic nitrogens is 2. The Balaban J connectivity index is 1.92. The van der Waals surface area contributed by atoms with E-state index in [1.807, 2.05) is 54.6 Å². The second-order valence-corrected chi connectivity index (χ2v) is 8.03. The summed E-state index contributed by atoms with van der Waals surface area (Å²) in [5.41, 5.74) is 1.52. The van der Waals surface area contributed by atoms with Gasteiger partial charge in [0.25, 0.3) is 0 Å². The Bertz CT molecular complexity index is 1430. The van der Waals surface area contributed by atoms with E-state index in [4.69, 9.17) is 9.47 Å². The topological polar surface area (TPSA) is 70.4 Å². The third kappa shape index (κ3) is 3.04. The molecule has 6 nitrogen and oxygen atoms in total. The number of hydrogen-bond donors (Lipinski definition) is 0. The van der Waals surface area contributed by atoms with Gasteiger partial charge in [-0.3, -0.25) is 9.59 Å². The summed E-state index contributed by atoms with van der Waals surface area (Å²) in [7, 11) is 2.44. The Morgan fingerprint density at radius 3 is 2.35 bits per heavy atom. The minimum atomic E-state index is -1.93. The van der Waals surface area contributed by atoms with Crippen LogP contribution in [0.2, 0.25) is 0 Å². The van der Waals surface area contributed by atoms with Crippen molar-refractivity contribution in [3.63, 3.8) is 0 Å². The highest BCUT2D eigenvalue weighted by Crippen LogP contribution is 2.58. The van der Waals surface area contributed by atoms with Crippen molar-refractivity contribution in [2.75, 3.05) is 14.2 Å². The van der Waals surface area contributed by atoms with Gasteiger partial charge in [0, 0.05) is 0 Å². The van der Waals surface area contributed by atoms with E-state index >= 15 is 0 Å². The molecule has 34 heavy (non-hydrogen) atoms. The largest absolute Gasteiger partial charge is 0.468 e. The van der Waals surface area contributed by atoms with Crippen LogP contribution in [0.15, 0.2) is 79.1 Å². The molecule has 1 aliphatic carbocycles. The van der Waals surface area contributed by atoms with Crippen molar-refractivity contribution in [2.45, 2.75) is 6.04 Å². The summed E-state index contributed by atoms with van der Waals surface area (Å²) < 4.78 is 26.7. The molecule has 0 saturated heterocycles. The second kappa shape index (κ2) is 8.26. The van der Waals surface area contributed by atoms with E-state index in [0.29, 0.717) is 27.7 Å². The number of halogens is 1. The minimum absolute atomic E-state index is 0.301. The Morgan fingerprint density at radius 1 is 0.971 bits per heavy atom. The summed E-state index contributed by atoms with van der Waals surface area (Å²) in [6.07, 6.45) is 3.29. The fourth-order valence-corrected chi connectivity index (χ4v) is 4.89. The van der Waals surface area contributed by atoms with E-state index in [1.54, 1.807) is 23.0 Å². The second-order valence-electron chi connectivity index (χ2n) is 8.03. The maximum absolute atomic E-state index is 14.5. The number of methoxy groups -OCH3 is 2. The molecule has 1 aliphatic rings. The molecule has 0 saturated carbocycles. The molecule has 7 heteroatoms. The van der Waals surface area contributed by atoms with Crippen LogP contribution in [-0.2, 0) is 19.1 Å². The van der Waals surface area contributed by atoms with Crippen LogP contribution in [0.1, 0.15) is 22.7 Å². The number of nitrogens with zero attached hydrogens (tertiary/aromatic N) is 2. The van der Waals surface area contributed by atoms with Gasteiger partial charge in [-0.05, 0) is 52.6 Å². The predicted molar refractivity (Wildman–Crippen MR) is 125 cm³/mol. The smallest absolute Gasteiger partial charge is 0.330 e. The van der Waals surface area contributed by atoms with Gasteiger partial charge in [0.2, 0.25) is 5.41 Å². The number of esters is 2. The number of benzene rings is 3. The van der Waals surface area contributed by atoms with Crippen LogP contribution >= 0.6 is 0 Å². The van der Waals surface area contributed by atoms with Crippen LogP contribution < -0.4 is 0 Å². The number of fused-ring (bicyclic) bond motifs is 2. The molecule has 1 atom stereocenters. The first-order valence-corrected chi connectivity index (χ1v) is 10.7. The molecule has 1 aromatic heterocycles. The number of imidazole rings is 1. The normalized spacial score (nSPS) is 17.5. The standard InChI is InChI=1S/C27H21FN2O4/c1-33-25(31)27(26(32)34-2)21(14-17-8-4-3-5-9-17)20-15-18(28)12-13-19(20)24(27)30-16-29-22-10-6-7-11-23(22)30/h3-16,24H,1-2H3/b21-14-. The molecule has 0 N–H and O–H groups in total. The fourth-order valence-electron chi connectivity index (χ4n) is 4.89. The van der Waals surface area contributed by atoms with E-state index in [9.17, 15) is 14.0 Å². The molecular weight excluding hydrogens is 435 g/mol. The average molecular weight is 456 g/mol. The third-order valence-electron chi connectivity index (χ3n) is 6.32. The Hall–Kier alpha value is -4.26. The maximum Gasteiger partial charge on any atom is 0.330 e. The van der Waals surface area contributed by atoms with Crippen molar-refractivity contribution in [1.82, 2.24) is 9.55 Å². The van der Waals surface area contributed by atoms with Crippen LogP contribution in [0.5, 0.6) is 0 Å². The van der Waals surface area contributed by atoms with Gasteiger partial charge in [-0.15, -0.1) is 0 Å². The average Bonchev–Trinajstić information content (AvgIpc) is 3.41. The summed E-state index contributed by atoms with van der Waals surface area (Å²) in [5, 5.41) is 0. The SMILES string of the molecule is COC(=O)C1(C(=O)OC)/C(=C\c2ccccc2)c2cc(F)ccc2C1n1cnc2ccccc21. The van der Waals surface area contributed by atoms with Crippen LogP contribution in [0.25, 0.3) is 22.7 Å². The lowest BCUT2D eigenvalue weighted by molar-refractivity contribution is -0.165. The first-order chi connectivity index (χ1) is 16.5. The first kappa shape index (κ1) is 21.6. The first-order valence-electron chi connectivity index (χ1n) is 10.7. The lowest BCUT2D eigenvalue weighted by Gasteiger charge is -2.32. The van der Waals surface area contributed by atoms with Crippen LogP contribution in [-0.4, -0.2) is 35.7 Å². The van der Waals surface area contributed by atoms with Crippen LogP contribution in [0.4, 0.5) is 4.39 Å². The number of carbonyl (C=O) groups is 2. The maximum atomic E-state index is 14.5. The summed E-state index contributed by atoms with van der Waals surface area (Å²) in [6, 6.07) is 19.9. The number of rotatable bonds is 4. The molecule has 3 aromatic carbocycles. The lowest BCUT2D eigenvalue weighted by Crippen LogP contribution is -2.46. The third-order valence-corrected chi connectivity index (χ3v) is 6.32. The fraction of sp³-hybridized carbons (Fsp3) is 0.148. The van der Waals surface area contributed by atoms with Crippen LogP contribution in [0, 0.1) is 11.2 Å². The van der Waals surface area contributed by atoms with Gasteiger partial charge < -0.3 is 14.0 Å². The highest BCUT2D eigenvalue weighted by molar-refractivity contribution is 6.18. The van der Waals surface area contributed by atoms with Crippen molar-refractivity contribution in [2.24, 2.45) is 5.41 Å². The Morgan fingerprint density at radius 2 is 1.65 bits per heavy atom. The monoisotopic (exact) mass is 456 g/mol. The van der Waals surface area contributed by atoms with E-state index in [2.05, 4.69) is 4.98 Å². The van der Waals surface area contributed by atoms with Gasteiger partial charge in [0.05, 0.1) is 37.6 Å². The summed E-state index contributed by atoms with van der Waals surface area (Å²) in [4.78, 5) is 31.7. The van der Waals surface area contributed by atoms with E-state index in [-0.39, 0.29) is 0 Å². The highest BCUT2D eigenvalue weighted by Gasteiger charge is 2.63. The van der Waals surface area contributed by atoms with Crippen molar-refractivity contribution < 1.29 is 23.5 Å². The molecular formula is C27H21FN2O4. The molecule has 0 spiro atoms. The minimum Gasteiger partial charge on any atom is -0.468 e. The van der Waals surface area contributed by atoms with Gasteiger partial charge in [-0.2, -0.15) is 0 Å². The Kier molecular flexibility index (Phi) is 5.24. The number of carbonyl (C=O) groups excluding carboxylic acids is 2. The molecule has 0 aliphatic heterocycles. The van der Waals surface area contributed by atoms with Crippen molar-refractivity contribution in [1.29, 1.82) is 0 Å². The quantitative estimate of drug-likeness (QED) is 0.330. The van der Waals surface area contributed by atoms with Crippen LogP contribution in [0.3, 0.4) is 0 Å². The molecule has 1 heterocycles. The molecule has 5 rings (SSSR count). The highest BCUT2D eigenvalue weighted by atomic mass is 19.1. The number of para-hydroxylation sites is 2. The predicted octanol–water partition coefficient (Wildman–Crippen LogP) is 4.65. The van der Waals surface area contributed by atoms with Gasteiger partial charge in [0.15, 0.2) is 0 Å². The Labute approximate surface area is 195 Å². The molecule has 0 bridgehead atoms. The van der Waals surface area contributed by atoms with Gasteiger partial charge in [-0.1, -0.05) is 48.5 Å². The molecule has 4 aromatic rings. The van der Waals surface area contributed by atoms with Gasteiger partial charge >= 0.3 is 11.9 Å². The van der Waals surface area contributed by atoms with Gasteiger partial charge in [-0.25, -0.2) is 9.37 Å². The van der Waals surface area contributed by atoms with Crippen molar-refractivity contribution in [3.05, 3.63) is 102 Å². The molecule has 1 unspecified atom stereocenters. The van der Waals surface area contributed by atoms with E-state index in [0.717, 1.165) is 5.56 Å². The molecule has 170 valence electrons. The van der Waals surface area contributed by atoms with E-state index in [1.165, 1.54) is 26.4 Å². The van der Waals surface area contributed by atoms with Gasteiger partial charge in [0.1, 0.15) is 5.82 Å². The lowest BCUT2D eigenvalue weighted by atomic mass is 9.76. The summed E-state index contributed by atoms with van der Waals surface area (Å²) in [5.74, 6) is -2.10. The zero-order valence-electron chi connectivity index (χ0n) is 18.6. The number of ether oxygens (including phenoxy) is 2. The zero-order valence-corrected chi connectivity index (χ0v) is 18.6. The van der Waals surface area contributed by atoms with E-state index < -0.39 is 29.2 Å².